The number of allylic oxidation sites excluding steroid dienone is 1. The molecule has 0 aliphatic heterocycles. The number of nitrogens with one attached hydrogen (secondary N) is 1. The number of carboxylic acid groups (broad SMARTS) is 1. The van der Waals surface area contributed by atoms with Crippen LogP contribution in [-0.4, -0.2) is 11.2 Å². The molecule has 0 aliphatic carbocycles. The van der Waals surface area contributed by atoms with E-state index in [0.717, 1.165) is 12.8 Å². The summed E-state index contributed by atoms with van der Waals surface area (Å²) in [5.41, 5.74) is 0. The lowest BCUT2D eigenvalue weighted by atomic mass is 10.1. The molecule has 2 N–H and O–H groups in total. The SMILES string of the molecule is CCCCCCC=CNC(=O)O. The van der Waals surface area contributed by atoms with Crippen molar-refractivity contribution in [2.75, 3.05) is 0 Å². The minimum atomic E-state index is -1.00. The monoisotopic (exact) mass is 171 g/mol. The fourth-order valence-corrected chi connectivity index (χ4v) is 0.903. The Labute approximate surface area is 73.5 Å². The quantitative estimate of drug-likeness (QED) is 0.604. The predicted molar refractivity (Wildman–Crippen MR) is 49.1 cm³/mol. The molecular weight excluding hydrogens is 154 g/mol. The maximum Gasteiger partial charge on any atom is 0.408 e. The van der Waals surface area contributed by atoms with Crippen molar-refractivity contribution in [2.45, 2.75) is 39.0 Å². The first-order valence-electron chi connectivity index (χ1n) is 4.42. The minimum Gasteiger partial charge on any atom is -0.465 e. The van der Waals surface area contributed by atoms with E-state index in [1.807, 2.05) is 6.08 Å². The number of hydrogen-bond donors (Lipinski definition) is 2. The van der Waals surface area contributed by atoms with Crippen LogP contribution in [0.1, 0.15) is 39.0 Å². The third-order valence-electron chi connectivity index (χ3n) is 1.55. The van der Waals surface area contributed by atoms with E-state index in [1.54, 1.807) is 0 Å². The topological polar surface area (TPSA) is 49.3 Å². The van der Waals surface area contributed by atoms with Crippen molar-refractivity contribution in [3.63, 3.8) is 0 Å². The Balaban J connectivity index is 3.08. The highest BCUT2D eigenvalue weighted by atomic mass is 16.4. The molecule has 0 saturated carbocycles. The van der Waals surface area contributed by atoms with Crippen molar-refractivity contribution in [1.29, 1.82) is 0 Å². The summed E-state index contributed by atoms with van der Waals surface area (Å²) in [5, 5.41) is 10.4. The van der Waals surface area contributed by atoms with E-state index < -0.39 is 6.09 Å². The third kappa shape index (κ3) is 9.01. The molecule has 0 aliphatic rings. The first kappa shape index (κ1) is 11.0. The van der Waals surface area contributed by atoms with Gasteiger partial charge in [-0.05, 0) is 12.8 Å². The number of hydrogen-bond acceptors (Lipinski definition) is 1. The van der Waals surface area contributed by atoms with Crippen LogP contribution in [0.15, 0.2) is 12.3 Å². The molecule has 70 valence electrons. The van der Waals surface area contributed by atoms with Crippen LogP contribution in [-0.2, 0) is 0 Å². The van der Waals surface area contributed by atoms with Gasteiger partial charge >= 0.3 is 6.09 Å². The Bertz CT molecular complexity index is 143. The van der Waals surface area contributed by atoms with E-state index in [9.17, 15) is 4.79 Å². The van der Waals surface area contributed by atoms with Gasteiger partial charge in [0.1, 0.15) is 0 Å². The van der Waals surface area contributed by atoms with Gasteiger partial charge in [0, 0.05) is 6.20 Å². The van der Waals surface area contributed by atoms with Gasteiger partial charge in [0.2, 0.25) is 0 Å². The fourth-order valence-electron chi connectivity index (χ4n) is 0.903. The van der Waals surface area contributed by atoms with Crippen LogP contribution in [0, 0.1) is 0 Å². The summed E-state index contributed by atoms with van der Waals surface area (Å²) in [5.74, 6) is 0. The molecule has 0 aromatic heterocycles. The fraction of sp³-hybridized carbons (Fsp3) is 0.667. The van der Waals surface area contributed by atoms with Crippen molar-refractivity contribution in [3.8, 4) is 0 Å². The summed E-state index contributed by atoms with van der Waals surface area (Å²) >= 11 is 0. The molecular formula is C9H17NO2. The second-order valence-electron chi connectivity index (χ2n) is 2.70. The molecule has 0 saturated heterocycles. The van der Waals surface area contributed by atoms with Gasteiger partial charge in [-0.25, -0.2) is 4.79 Å². The summed E-state index contributed by atoms with van der Waals surface area (Å²) in [6.07, 6.45) is 8.16. The van der Waals surface area contributed by atoms with Crippen LogP contribution in [0.25, 0.3) is 0 Å². The molecule has 0 heterocycles. The normalized spacial score (nSPS) is 10.4. The van der Waals surface area contributed by atoms with E-state index in [2.05, 4.69) is 12.2 Å². The molecule has 3 heteroatoms. The maximum absolute atomic E-state index is 9.97. The molecule has 0 aromatic carbocycles. The van der Waals surface area contributed by atoms with Gasteiger partial charge in [0.15, 0.2) is 0 Å². The minimum absolute atomic E-state index is 0.959. The standard InChI is InChI=1S/C9H17NO2/c1-2-3-4-5-6-7-8-10-9(11)12/h7-8,10H,2-6H2,1H3,(H,11,12). The Morgan fingerprint density at radius 1 is 1.42 bits per heavy atom. The Kier molecular flexibility index (Phi) is 7.44. The van der Waals surface area contributed by atoms with Gasteiger partial charge in [-0.15, -0.1) is 0 Å². The molecule has 0 spiro atoms. The Morgan fingerprint density at radius 3 is 2.75 bits per heavy atom. The van der Waals surface area contributed by atoms with E-state index in [0.29, 0.717) is 0 Å². The highest BCUT2D eigenvalue weighted by Crippen LogP contribution is 2.02. The summed E-state index contributed by atoms with van der Waals surface area (Å²) in [4.78, 5) is 9.97. The number of unbranched alkanes of at least 4 members (excludes halogenated alkanes) is 4. The second-order valence-corrected chi connectivity index (χ2v) is 2.70. The molecule has 0 radical (unpaired) electrons. The van der Waals surface area contributed by atoms with Gasteiger partial charge in [-0.2, -0.15) is 0 Å². The predicted octanol–water partition coefficient (Wildman–Crippen LogP) is 2.74. The maximum atomic E-state index is 9.97. The molecule has 0 atom stereocenters. The van der Waals surface area contributed by atoms with Crippen LogP contribution in [0.4, 0.5) is 4.79 Å². The van der Waals surface area contributed by atoms with Crippen LogP contribution in [0.5, 0.6) is 0 Å². The summed E-state index contributed by atoms with van der Waals surface area (Å²) in [6.45, 7) is 2.17. The average Bonchev–Trinajstić information content (AvgIpc) is 2.02. The second kappa shape index (κ2) is 8.11. The van der Waals surface area contributed by atoms with Gasteiger partial charge in [0.05, 0.1) is 0 Å². The zero-order valence-electron chi connectivity index (χ0n) is 7.55. The summed E-state index contributed by atoms with van der Waals surface area (Å²) < 4.78 is 0. The van der Waals surface area contributed by atoms with Crippen LogP contribution in [0.3, 0.4) is 0 Å². The van der Waals surface area contributed by atoms with Crippen molar-refractivity contribution in [2.24, 2.45) is 0 Å². The van der Waals surface area contributed by atoms with Gasteiger partial charge in [-0.1, -0.05) is 32.3 Å². The lowest BCUT2D eigenvalue weighted by Gasteiger charge is -1.94. The zero-order valence-corrected chi connectivity index (χ0v) is 7.55. The van der Waals surface area contributed by atoms with Crippen LogP contribution >= 0.6 is 0 Å². The molecule has 0 rings (SSSR count). The van der Waals surface area contributed by atoms with E-state index in [-0.39, 0.29) is 0 Å². The third-order valence-corrected chi connectivity index (χ3v) is 1.55. The molecule has 12 heavy (non-hydrogen) atoms. The number of carbonyl (C=O) groups is 1. The molecule has 0 fully saturated rings. The molecule has 3 nitrogen and oxygen atoms in total. The first-order chi connectivity index (χ1) is 5.77. The smallest absolute Gasteiger partial charge is 0.408 e. The van der Waals surface area contributed by atoms with E-state index >= 15 is 0 Å². The molecule has 0 bridgehead atoms. The number of amides is 1. The van der Waals surface area contributed by atoms with E-state index in [1.165, 1.54) is 25.5 Å². The molecule has 0 unspecified atom stereocenters. The number of rotatable bonds is 6. The van der Waals surface area contributed by atoms with Gasteiger partial charge in [0.25, 0.3) is 0 Å². The van der Waals surface area contributed by atoms with Gasteiger partial charge in [-0.3, -0.25) is 5.32 Å². The zero-order chi connectivity index (χ0) is 9.23. The lowest BCUT2D eigenvalue weighted by Crippen LogP contribution is -2.12. The highest BCUT2D eigenvalue weighted by molar-refractivity contribution is 5.65. The van der Waals surface area contributed by atoms with Crippen molar-refractivity contribution in [3.05, 3.63) is 12.3 Å². The van der Waals surface area contributed by atoms with Crippen LogP contribution < -0.4 is 5.32 Å². The van der Waals surface area contributed by atoms with E-state index in [4.69, 9.17) is 5.11 Å². The Morgan fingerprint density at radius 2 is 2.17 bits per heavy atom. The molecule has 0 aromatic rings. The van der Waals surface area contributed by atoms with Crippen LogP contribution in [0.2, 0.25) is 0 Å². The van der Waals surface area contributed by atoms with Crippen molar-refractivity contribution in [1.82, 2.24) is 5.32 Å². The molecule has 1 amide bonds. The Hall–Kier alpha value is -0.990. The summed E-state index contributed by atoms with van der Waals surface area (Å²) in [6, 6.07) is 0. The highest BCUT2D eigenvalue weighted by Gasteiger charge is 1.86. The summed E-state index contributed by atoms with van der Waals surface area (Å²) in [7, 11) is 0. The lowest BCUT2D eigenvalue weighted by molar-refractivity contribution is 0.198. The first-order valence-corrected chi connectivity index (χ1v) is 4.42. The van der Waals surface area contributed by atoms with Crippen molar-refractivity contribution < 1.29 is 9.90 Å². The average molecular weight is 171 g/mol. The van der Waals surface area contributed by atoms with Crippen molar-refractivity contribution >= 4 is 6.09 Å². The largest absolute Gasteiger partial charge is 0.465 e. The van der Waals surface area contributed by atoms with Gasteiger partial charge < -0.3 is 5.11 Å².